The van der Waals surface area contributed by atoms with Crippen molar-refractivity contribution in [3.63, 3.8) is 0 Å². The molecule has 0 aliphatic carbocycles. The maximum absolute atomic E-state index is 10.7. The van der Waals surface area contributed by atoms with Gasteiger partial charge in [-0.05, 0) is 42.7 Å². The molecule has 0 amide bonds. The SMILES string of the molecule is Cc1ccccc1CC(C)(O)c1cccc(C#N)c1. The minimum atomic E-state index is -0.973. The molecule has 0 aromatic heterocycles. The number of hydrogen-bond acceptors (Lipinski definition) is 2. The van der Waals surface area contributed by atoms with Gasteiger partial charge in [-0.15, -0.1) is 0 Å². The van der Waals surface area contributed by atoms with Crippen LogP contribution in [-0.2, 0) is 12.0 Å². The third kappa shape index (κ3) is 3.01. The average molecular weight is 251 g/mol. The van der Waals surface area contributed by atoms with Crippen LogP contribution < -0.4 is 0 Å². The van der Waals surface area contributed by atoms with E-state index < -0.39 is 5.60 Å². The van der Waals surface area contributed by atoms with Crippen LogP contribution in [0.3, 0.4) is 0 Å². The van der Waals surface area contributed by atoms with Crippen LogP contribution >= 0.6 is 0 Å². The minimum Gasteiger partial charge on any atom is -0.385 e. The lowest BCUT2D eigenvalue weighted by atomic mass is 9.87. The van der Waals surface area contributed by atoms with E-state index in [9.17, 15) is 5.11 Å². The maximum atomic E-state index is 10.7. The molecular formula is C17H17NO. The molecule has 2 heteroatoms. The second kappa shape index (κ2) is 5.26. The van der Waals surface area contributed by atoms with E-state index in [4.69, 9.17) is 5.26 Å². The molecule has 2 aromatic carbocycles. The van der Waals surface area contributed by atoms with Gasteiger partial charge in [-0.25, -0.2) is 0 Å². The van der Waals surface area contributed by atoms with E-state index in [2.05, 4.69) is 6.07 Å². The first kappa shape index (κ1) is 13.3. The molecule has 1 unspecified atom stereocenters. The van der Waals surface area contributed by atoms with Crippen LogP contribution in [0.4, 0.5) is 0 Å². The summed E-state index contributed by atoms with van der Waals surface area (Å²) >= 11 is 0. The fraction of sp³-hybridized carbons (Fsp3) is 0.235. The van der Waals surface area contributed by atoms with Crippen LogP contribution in [0.1, 0.15) is 29.2 Å². The molecule has 1 atom stereocenters. The molecule has 96 valence electrons. The number of hydrogen-bond donors (Lipinski definition) is 1. The van der Waals surface area contributed by atoms with Gasteiger partial charge in [-0.2, -0.15) is 5.26 Å². The summed E-state index contributed by atoms with van der Waals surface area (Å²) < 4.78 is 0. The number of nitrogens with zero attached hydrogens (tertiary/aromatic N) is 1. The Balaban J connectivity index is 2.32. The van der Waals surface area contributed by atoms with E-state index in [0.717, 1.165) is 11.1 Å². The van der Waals surface area contributed by atoms with Gasteiger partial charge in [-0.1, -0.05) is 36.4 Å². The summed E-state index contributed by atoms with van der Waals surface area (Å²) in [5.74, 6) is 0. The molecule has 2 nitrogen and oxygen atoms in total. The van der Waals surface area contributed by atoms with Crippen LogP contribution in [0.15, 0.2) is 48.5 Å². The molecule has 0 aliphatic rings. The quantitative estimate of drug-likeness (QED) is 0.909. The Labute approximate surface area is 114 Å². The van der Waals surface area contributed by atoms with E-state index >= 15 is 0 Å². The van der Waals surface area contributed by atoms with Gasteiger partial charge in [0.05, 0.1) is 17.2 Å². The maximum Gasteiger partial charge on any atom is 0.0991 e. The van der Waals surface area contributed by atoms with Crippen LogP contribution in [0.5, 0.6) is 0 Å². The van der Waals surface area contributed by atoms with E-state index in [1.807, 2.05) is 37.3 Å². The van der Waals surface area contributed by atoms with Crippen molar-refractivity contribution in [3.05, 3.63) is 70.8 Å². The highest BCUT2D eigenvalue weighted by atomic mass is 16.3. The van der Waals surface area contributed by atoms with E-state index in [1.54, 1.807) is 25.1 Å². The van der Waals surface area contributed by atoms with Crippen LogP contribution in [0.2, 0.25) is 0 Å². The molecule has 0 bridgehead atoms. The summed E-state index contributed by atoms with van der Waals surface area (Å²) in [6.45, 7) is 3.83. The Hall–Kier alpha value is -2.11. The Bertz CT molecular complexity index is 623. The molecule has 1 N–H and O–H groups in total. The molecule has 2 aromatic rings. The number of rotatable bonds is 3. The summed E-state index contributed by atoms with van der Waals surface area (Å²) in [4.78, 5) is 0. The van der Waals surface area contributed by atoms with Crippen molar-refractivity contribution < 1.29 is 5.11 Å². The molecule has 0 radical (unpaired) electrons. The predicted octanol–water partition coefficient (Wildman–Crippen LogP) is 3.32. The standard InChI is InChI=1S/C17H17NO/c1-13-6-3-4-8-15(13)11-17(2,19)16-9-5-7-14(10-16)12-18/h3-10,19H,11H2,1-2H3. The van der Waals surface area contributed by atoms with E-state index in [0.29, 0.717) is 12.0 Å². The van der Waals surface area contributed by atoms with Gasteiger partial charge in [0.15, 0.2) is 0 Å². The van der Waals surface area contributed by atoms with Gasteiger partial charge in [-0.3, -0.25) is 0 Å². The monoisotopic (exact) mass is 251 g/mol. The molecule has 0 saturated heterocycles. The largest absolute Gasteiger partial charge is 0.385 e. The molecule has 2 rings (SSSR count). The first-order chi connectivity index (χ1) is 9.03. The van der Waals surface area contributed by atoms with Gasteiger partial charge < -0.3 is 5.11 Å². The Kier molecular flexibility index (Phi) is 3.69. The highest BCUT2D eigenvalue weighted by Crippen LogP contribution is 2.27. The molecule has 19 heavy (non-hydrogen) atoms. The number of benzene rings is 2. The summed E-state index contributed by atoms with van der Waals surface area (Å²) in [5.41, 5.74) is 2.66. The van der Waals surface area contributed by atoms with Gasteiger partial charge in [0.1, 0.15) is 0 Å². The zero-order chi connectivity index (χ0) is 13.9. The number of aryl methyl sites for hydroxylation is 1. The highest BCUT2D eigenvalue weighted by molar-refractivity contribution is 5.37. The Morgan fingerprint density at radius 3 is 2.58 bits per heavy atom. The lowest BCUT2D eigenvalue weighted by Crippen LogP contribution is -2.24. The fourth-order valence-corrected chi connectivity index (χ4v) is 2.21. The predicted molar refractivity (Wildman–Crippen MR) is 75.6 cm³/mol. The van der Waals surface area contributed by atoms with Gasteiger partial charge >= 0.3 is 0 Å². The van der Waals surface area contributed by atoms with Gasteiger partial charge in [0.2, 0.25) is 0 Å². The molecule has 0 heterocycles. The summed E-state index contributed by atoms with van der Waals surface area (Å²) in [6, 6.07) is 17.3. The minimum absolute atomic E-state index is 0.536. The third-order valence-corrected chi connectivity index (χ3v) is 3.41. The lowest BCUT2D eigenvalue weighted by Gasteiger charge is -2.25. The topological polar surface area (TPSA) is 44.0 Å². The molecule has 0 saturated carbocycles. The van der Waals surface area contributed by atoms with Crippen LogP contribution in [0, 0.1) is 18.3 Å². The third-order valence-electron chi connectivity index (χ3n) is 3.41. The van der Waals surface area contributed by atoms with Crippen molar-refractivity contribution in [3.8, 4) is 6.07 Å². The molecule has 0 fully saturated rings. The van der Waals surface area contributed by atoms with Crippen molar-refractivity contribution >= 4 is 0 Å². The van der Waals surface area contributed by atoms with Gasteiger partial charge in [0.25, 0.3) is 0 Å². The highest BCUT2D eigenvalue weighted by Gasteiger charge is 2.24. The zero-order valence-electron chi connectivity index (χ0n) is 11.2. The molecule has 0 aliphatic heterocycles. The van der Waals surface area contributed by atoms with Crippen molar-refractivity contribution in [1.29, 1.82) is 5.26 Å². The molecular weight excluding hydrogens is 234 g/mol. The smallest absolute Gasteiger partial charge is 0.0991 e. The normalized spacial score (nSPS) is 13.6. The van der Waals surface area contributed by atoms with E-state index in [1.165, 1.54) is 5.56 Å². The first-order valence-electron chi connectivity index (χ1n) is 6.30. The van der Waals surface area contributed by atoms with Gasteiger partial charge in [0, 0.05) is 6.42 Å². The zero-order valence-corrected chi connectivity index (χ0v) is 11.2. The molecule has 0 spiro atoms. The Morgan fingerprint density at radius 2 is 1.89 bits per heavy atom. The van der Waals surface area contributed by atoms with Crippen LogP contribution in [-0.4, -0.2) is 5.11 Å². The second-order valence-electron chi connectivity index (χ2n) is 5.07. The average Bonchev–Trinajstić information content (AvgIpc) is 2.41. The van der Waals surface area contributed by atoms with Crippen LogP contribution in [0.25, 0.3) is 0 Å². The summed E-state index contributed by atoms with van der Waals surface area (Å²) in [5, 5.41) is 19.6. The summed E-state index contributed by atoms with van der Waals surface area (Å²) in [6.07, 6.45) is 0.536. The first-order valence-corrected chi connectivity index (χ1v) is 6.30. The Morgan fingerprint density at radius 1 is 1.16 bits per heavy atom. The summed E-state index contributed by atoms with van der Waals surface area (Å²) in [7, 11) is 0. The number of nitriles is 1. The second-order valence-corrected chi connectivity index (χ2v) is 5.07. The van der Waals surface area contributed by atoms with E-state index in [-0.39, 0.29) is 0 Å². The fourth-order valence-electron chi connectivity index (χ4n) is 2.21. The van der Waals surface area contributed by atoms with Crippen molar-refractivity contribution in [2.45, 2.75) is 25.9 Å². The van der Waals surface area contributed by atoms with Crippen molar-refractivity contribution in [2.75, 3.05) is 0 Å². The van der Waals surface area contributed by atoms with Crippen molar-refractivity contribution in [1.82, 2.24) is 0 Å². The lowest BCUT2D eigenvalue weighted by molar-refractivity contribution is 0.0574. The van der Waals surface area contributed by atoms with Crippen molar-refractivity contribution in [2.24, 2.45) is 0 Å². The number of aliphatic hydroxyl groups is 1.